The van der Waals surface area contributed by atoms with Gasteiger partial charge in [0.25, 0.3) is 0 Å². The van der Waals surface area contributed by atoms with Gasteiger partial charge in [-0.3, -0.25) is 9.59 Å². The summed E-state index contributed by atoms with van der Waals surface area (Å²) in [7, 11) is 4.20. The Morgan fingerprint density at radius 3 is 0.812 bits per heavy atom. The highest BCUT2D eigenvalue weighted by Gasteiger charge is 2.17. The molecule has 0 N–H and O–H groups in total. The van der Waals surface area contributed by atoms with E-state index in [1.807, 2.05) is 0 Å². The summed E-state index contributed by atoms with van der Waals surface area (Å²) >= 11 is 0. The summed E-state index contributed by atoms with van der Waals surface area (Å²) in [5.74, 6) is -0.149. The van der Waals surface area contributed by atoms with Crippen LogP contribution in [0.4, 0.5) is 0 Å². The molecule has 0 aromatic carbocycles. The molecule has 0 spiro atoms. The van der Waals surface area contributed by atoms with Crippen molar-refractivity contribution in [1.82, 2.24) is 0 Å². The van der Waals surface area contributed by atoms with E-state index in [1.165, 1.54) is 167 Å². The van der Waals surface area contributed by atoms with E-state index in [0.717, 1.165) is 38.8 Å². The Hall–Kier alpha value is -1.10. The number of unbranched alkanes of at least 4 members (excludes halogenated alkanes) is 28. The predicted molar refractivity (Wildman–Crippen MR) is 209 cm³/mol. The Morgan fingerprint density at radius 2 is 0.583 bits per heavy atom. The fourth-order valence-electron chi connectivity index (χ4n) is 6.35. The molecule has 0 fully saturated rings. The lowest BCUT2D eigenvalue weighted by Gasteiger charge is -2.29. The van der Waals surface area contributed by atoms with Gasteiger partial charge in [-0.2, -0.15) is 0 Å². The zero-order chi connectivity index (χ0) is 34.5. The lowest BCUT2D eigenvalue weighted by molar-refractivity contribution is -0.890. The minimum Gasteiger partial charge on any atom is -0.460 e. The smallest absolute Gasteiger partial charge is 0.305 e. The lowest BCUT2D eigenvalue weighted by Crippen LogP contribution is -2.45. The van der Waals surface area contributed by atoms with E-state index in [-0.39, 0.29) is 19.4 Å². The first-order chi connectivity index (χ1) is 22.9. The molecule has 0 aliphatic rings. The first-order valence-electron chi connectivity index (χ1n) is 21.0. The quantitative estimate of drug-likeness (QED) is 0.0282. The van der Waals surface area contributed by atoms with Crippen molar-refractivity contribution in [3.8, 4) is 0 Å². The molecular weight excluding hydrogens is 594 g/mol. The molecule has 5 heteroatoms. The van der Waals surface area contributed by atoms with Gasteiger partial charge in [0.1, 0.15) is 26.3 Å². The van der Waals surface area contributed by atoms with Crippen LogP contribution >= 0.6 is 0 Å². The molecule has 0 heterocycles. The maximum absolute atomic E-state index is 12.1. The van der Waals surface area contributed by atoms with Gasteiger partial charge in [0.05, 0.1) is 14.1 Å². The Morgan fingerprint density at radius 1 is 0.375 bits per heavy atom. The van der Waals surface area contributed by atoms with Crippen molar-refractivity contribution in [2.45, 2.75) is 219 Å². The SMILES string of the molecule is CCCCCCCCCCCCCCCCCC(=O)OCC[N+](C)(C)CCOC(=O)CCCCCCCCCCCCCCCCC.[CH3-]. The number of hydrogen-bond donors (Lipinski definition) is 0. The molecule has 0 atom stereocenters. The number of rotatable bonds is 38. The molecule has 0 amide bonds. The van der Waals surface area contributed by atoms with Crippen LogP contribution in [0.25, 0.3) is 0 Å². The van der Waals surface area contributed by atoms with E-state index in [2.05, 4.69) is 27.9 Å². The van der Waals surface area contributed by atoms with Gasteiger partial charge in [-0.1, -0.05) is 194 Å². The van der Waals surface area contributed by atoms with Crippen LogP contribution in [0, 0.1) is 7.43 Å². The summed E-state index contributed by atoms with van der Waals surface area (Å²) in [5.41, 5.74) is 0. The van der Waals surface area contributed by atoms with E-state index in [0.29, 0.717) is 30.5 Å². The Kier molecular flexibility index (Phi) is 39.5. The topological polar surface area (TPSA) is 52.6 Å². The second-order valence-electron chi connectivity index (χ2n) is 15.2. The summed E-state index contributed by atoms with van der Waals surface area (Å²) in [6.07, 6.45) is 40.9. The molecule has 5 nitrogen and oxygen atoms in total. The van der Waals surface area contributed by atoms with Crippen molar-refractivity contribution in [3.05, 3.63) is 7.43 Å². The molecule has 0 bridgehead atoms. The standard InChI is InChI=1S/C42H84NO4.CH3/c1-5-7-9-11-13-15-17-19-21-23-25-27-29-31-33-35-41(44)46-39-37-43(3,4)38-40-47-42(45)36-34-32-30-28-26-24-22-20-18-16-14-12-10-8-6-2;/h5-40H2,1-4H3;1H3/q+1;-1. The van der Waals surface area contributed by atoms with Crippen molar-refractivity contribution < 1.29 is 23.5 Å². The van der Waals surface area contributed by atoms with Gasteiger partial charge < -0.3 is 21.4 Å². The summed E-state index contributed by atoms with van der Waals surface area (Å²) < 4.78 is 11.7. The third kappa shape index (κ3) is 39.3. The first kappa shape index (κ1) is 49.0. The number of quaternary nitrogens is 1. The molecule has 288 valence electrons. The Balaban J connectivity index is 0. The van der Waals surface area contributed by atoms with Crippen molar-refractivity contribution >= 4 is 11.9 Å². The largest absolute Gasteiger partial charge is 0.460 e. The van der Waals surface area contributed by atoms with E-state index >= 15 is 0 Å². The maximum Gasteiger partial charge on any atom is 0.305 e. The minimum absolute atomic E-state index is 0. The van der Waals surface area contributed by atoms with Crippen molar-refractivity contribution in [3.63, 3.8) is 0 Å². The predicted octanol–water partition coefficient (Wildman–Crippen LogP) is 13.1. The second-order valence-corrected chi connectivity index (χ2v) is 15.2. The number of carbonyl (C=O) groups excluding carboxylic acids is 2. The summed E-state index contributed by atoms with van der Waals surface area (Å²) in [4.78, 5) is 24.3. The van der Waals surface area contributed by atoms with Crippen LogP contribution in [-0.4, -0.2) is 56.8 Å². The van der Waals surface area contributed by atoms with Crippen LogP contribution in [0.3, 0.4) is 0 Å². The Labute approximate surface area is 302 Å². The van der Waals surface area contributed by atoms with Crippen LogP contribution in [-0.2, 0) is 19.1 Å². The highest BCUT2D eigenvalue weighted by Crippen LogP contribution is 2.15. The lowest BCUT2D eigenvalue weighted by atomic mass is 10.0. The van der Waals surface area contributed by atoms with Crippen LogP contribution < -0.4 is 0 Å². The van der Waals surface area contributed by atoms with Gasteiger partial charge in [-0.15, -0.1) is 0 Å². The third-order valence-electron chi connectivity index (χ3n) is 9.89. The zero-order valence-corrected chi connectivity index (χ0v) is 33.5. The fourth-order valence-corrected chi connectivity index (χ4v) is 6.35. The van der Waals surface area contributed by atoms with Gasteiger partial charge in [-0.25, -0.2) is 0 Å². The van der Waals surface area contributed by atoms with E-state index in [4.69, 9.17) is 9.47 Å². The highest BCUT2D eigenvalue weighted by atomic mass is 16.5. The minimum atomic E-state index is -0.0744. The molecule has 0 aromatic rings. The van der Waals surface area contributed by atoms with E-state index < -0.39 is 0 Å². The molecule has 48 heavy (non-hydrogen) atoms. The van der Waals surface area contributed by atoms with Crippen molar-refractivity contribution in [2.24, 2.45) is 0 Å². The summed E-state index contributed by atoms with van der Waals surface area (Å²) in [5, 5.41) is 0. The average Bonchev–Trinajstić information content (AvgIpc) is 3.04. The summed E-state index contributed by atoms with van der Waals surface area (Å²) in [6, 6.07) is 0. The molecule has 0 unspecified atom stereocenters. The van der Waals surface area contributed by atoms with E-state index in [9.17, 15) is 9.59 Å². The number of likely N-dealkylation sites (N-methyl/N-ethyl adjacent to an activating group) is 1. The summed E-state index contributed by atoms with van der Waals surface area (Å²) in [6.45, 7) is 6.89. The average molecular weight is 682 g/mol. The van der Waals surface area contributed by atoms with E-state index in [1.54, 1.807) is 0 Å². The Bertz CT molecular complexity index is 611. The van der Waals surface area contributed by atoms with Crippen molar-refractivity contribution in [1.29, 1.82) is 0 Å². The van der Waals surface area contributed by atoms with Crippen LogP contribution in [0.5, 0.6) is 0 Å². The van der Waals surface area contributed by atoms with Gasteiger partial charge in [-0.05, 0) is 12.8 Å². The maximum atomic E-state index is 12.1. The normalized spacial score (nSPS) is 11.4. The van der Waals surface area contributed by atoms with Gasteiger partial charge in [0.2, 0.25) is 0 Å². The monoisotopic (exact) mass is 682 g/mol. The van der Waals surface area contributed by atoms with Crippen LogP contribution in [0.2, 0.25) is 0 Å². The highest BCUT2D eigenvalue weighted by molar-refractivity contribution is 5.69. The first-order valence-corrected chi connectivity index (χ1v) is 21.0. The second kappa shape index (κ2) is 38.7. The molecule has 0 saturated carbocycles. The van der Waals surface area contributed by atoms with Gasteiger partial charge >= 0.3 is 11.9 Å². The van der Waals surface area contributed by atoms with Crippen LogP contribution in [0.15, 0.2) is 0 Å². The number of esters is 2. The third-order valence-corrected chi connectivity index (χ3v) is 9.89. The molecule has 0 aliphatic heterocycles. The molecular formula is C43H87NO4. The van der Waals surface area contributed by atoms with Crippen LogP contribution in [0.1, 0.15) is 219 Å². The zero-order valence-electron chi connectivity index (χ0n) is 33.5. The van der Waals surface area contributed by atoms with Gasteiger partial charge in [0, 0.05) is 12.8 Å². The molecule has 0 aromatic heterocycles. The number of nitrogens with zero attached hydrogens (tertiary/aromatic N) is 1. The molecule has 0 saturated heterocycles. The molecule has 0 radical (unpaired) electrons. The molecule has 0 rings (SSSR count). The fraction of sp³-hybridized carbons (Fsp3) is 0.930. The number of ether oxygens (including phenoxy) is 2. The van der Waals surface area contributed by atoms with Crippen molar-refractivity contribution in [2.75, 3.05) is 40.4 Å². The number of carbonyl (C=O) groups is 2. The number of hydrogen-bond acceptors (Lipinski definition) is 4. The molecule has 0 aliphatic carbocycles. The van der Waals surface area contributed by atoms with Gasteiger partial charge in [0.15, 0.2) is 0 Å².